The average molecular weight is 335 g/mol. The third kappa shape index (κ3) is 2.01. The van der Waals surface area contributed by atoms with Gasteiger partial charge in [-0.3, -0.25) is 9.97 Å². The van der Waals surface area contributed by atoms with Crippen molar-refractivity contribution in [2.75, 3.05) is 0 Å². The van der Waals surface area contributed by atoms with E-state index in [0.29, 0.717) is 0 Å². The minimum atomic E-state index is 0.946. The fraction of sp³-hybridized carbons (Fsp3) is 0. The topological polar surface area (TPSA) is 25.8 Å². The highest BCUT2D eigenvalue weighted by molar-refractivity contribution is 9.10. The molecule has 21 heavy (non-hydrogen) atoms. The summed E-state index contributed by atoms with van der Waals surface area (Å²) >= 11 is 3.65. The molecule has 3 heteroatoms. The van der Waals surface area contributed by atoms with Crippen LogP contribution < -0.4 is 0 Å². The monoisotopic (exact) mass is 334 g/mol. The molecule has 0 spiro atoms. The molecule has 0 aliphatic rings. The van der Waals surface area contributed by atoms with Gasteiger partial charge < -0.3 is 0 Å². The number of hydrogen-bond donors (Lipinski definition) is 0. The third-order valence-corrected chi connectivity index (χ3v) is 4.32. The molecule has 0 aliphatic carbocycles. The summed E-state index contributed by atoms with van der Waals surface area (Å²) in [5.74, 6) is 0. The minimum Gasteiger partial charge on any atom is -0.254 e. The van der Waals surface area contributed by atoms with Crippen LogP contribution in [0.15, 0.2) is 71.5 Å². The molecule has 0 bridgehead atoms. The van der Waals surface area contributed by atoms with E-state index in [2.05, 4.69) is 62.3 Å². The van der Waals surface area contributed by atoms with E-state index in [1.54, 1.807) is 0 Å². The normalized spacial score (nSPS) is 11.1. The zero-order valence-electron chi connectivity index (χ0n) is 11.1. The number of nitrogens with zero attached hydrogens (tertiary/aromatic N) is 2. The van der Waals surface area contributed by atoms with Gasteiger partial charge in [-0.15, -0.1) is 0 Å². The van der Waals surface area contributed by atoms with Gasteiger partial charge in [0.05, 0.1) is 11.0 Å². The van der Waals surface area contributed by atoms with Crippen LogP contribution in [0.2, 0.25) is 0 Å². The number of rotatable bonds is 1. The van der Waals surface area contributed by atoms with E-state index in [4.69, 9.17) is 0 Å². The molecule has 2 aromatic carbocycles. The van der Waals surface area contributed by atoms with Crippen LogP contribution in [0.25, 0.3) is 32.9 Å². The van der Waals surface area contributed by atoms with Crippen molar-refractivity contribution in [2.24, 2.45) is 0 Å². The van der Waals surface area contributed by atoms with E-state index < -0.39 is 0 Å². The van der Waals surface area contributed by atoms with E-state index in [1.807, 2.05) is 30.6 Å². The summed E-state index contributed by atoms with van der Waals surface area (Å²) in [5, 5.41) is 2.23. The summed E-state index contributed by atoms with van der Waals surface area (Å²) in [5.41, 5.74) is 4.23. The van der Waals surface area contributed by atoms with Crippen LogP contribution in [-0.4, -0.2) is 9.97 Å². The summed E-state index contributed by atoms with van der Waals surface area (Å²) < 4.78 is 1.08. The molecule has 0 saturated heterocycles. The summed E-state index contributed by atoms with van der Waals surface area (Å²) in [7, 11) is 0. The van der Waals surface area contributed by atoms with Gasteiger partial charge in [-0.1, -0.05) is 46.3 Å². The Bertz CT molecular complexity index is 963. The molecular formula is C18H11BrN2. The Labute approximate surface area is 130 Å². The van der Waals surface area contributed by atoms with E-state index in [-0.39, 0.29) is 0 Å². The highest BCUT2D eigenvalue weighted by Crippen LogP contribution is 2.36. The van der Waals surface area contributed by atoms with Crippen molar-refractivity contribution in [3.63, 3.8) is 0 Å². The van der Waals surface area contributed by atoms with Gasteiger partial charge in [0.1, 0.15) is 0 Å². The van der Waals surface area contributed by atoms with Crippen molar-refractivity contribution in [1.29, 1.82) is 0 Å². The summed E-state index contributed by atoms with van der Waals surface area (Å²) in [6.45, 7) is 0. The second-order valence-electron chi connectivity index (χ2n) is 4.88. The molecule has 0 saturated carbocycles. The fourth-order valence-corrected chi connectivity index (χ4v) is 3.18. The highest BCUT2D eigenvalue weighted by atomic mass is 79.9. The number of pyridine rings is 2. The summed E-state index contributed by atoms with van der Waals surface area (Å²) in [4.78, 5) is 9.04. The predicted molar refractivity (Wildman–Crippen MR) is 90.2 cm³/mol. The number of halogens is 1. The molecule has 0 unspecified atom stereocenters. The largest absolute Gasteiger partial charge is 0.254 e. The van der Waals surface area contributed by atoms with Crippen molar-refractivity contribution in [1.82, 2.24) is 9.97 Å². The second-order valence-corrected chi connectivity index (χ2v) is 5.73. The lowest BCUT2D eigenvalue weighted by Crippen LogP contribution is -1.89. The van der Waals surface area contributed by atoms with Gasteiger partial charge in [0.2, 0.25) is 0 Å². The predicted octanol–water partition coefficient (Wildman–Crippen LogP) is 5.21. The number of fused-ring (bicyclic) bond motifs is 3. The van der Waals surface area contributed by atoms with Crippen LogP contribution in [0.3, 0.4) is 0 Å². The van der Waals surface area contributed by atoms with Crippen molar-refractivity contribution in [3.05, 3.63) is 71.5 Å². The van der Waals surface area contributed by atoms with Crippen molar-refractivity contribution < 1.29 is 0 Å². The fourth-order valence-electron chi connectivity index (χ4n) is 2.68. The highest BCUT2D eigenvalue weighted by Gasteiger charge is 2.11. The maximum absolute atomic E-state index is 4.55. The second kappa shape index (κ2) is 4.93. The van der Waals surface area contributed by atoms with Gasteiger partial charge >= 0.3 is 0 Å². The third-order valence-electron chi connectivity index (χ3n) is 3.62. The molecule has 2 nitrogen and oxygen atoms in total. The van der Waals surface area contributed by atoms with E-state index in [9.17, 15) is 0 Å². The average Bonchev–Trinajstić information content (AvgIpc) is 2.55. The summed E-state index contributed by atoms with van der Waals surface area (Å²) in [6.07, 6.45) is 3.63. The zero-order valence-corrected chi connectivity index (χ0v) is 12.7. The maximum atomic E-state index is 4.55. The van der Waals surface area contributed by atoms with Crippen molar-refractivity contribution in [2.45, 2.75) is 0 Å². The molecule has 2 aromatic heterocycles. The van der Waals surface area contributed by atoms with Crippen LogP contribution >= 0.6 is 15.9 Å². The molecule has 0 amide bonds. The zero-order chi connectivity index (χ0) is 14.2. The SMILES string of the molecule is Brc1ccccc1-c1cc2cccnc2c2ncccc12. The first-order valence-electron chi connectivity index (χ1n) is 6.72. The Morgan fingerprint density at radius 3 is 2.33 bits per heavy atom. The Hall–Kier alpha value is -2.26. The lowest BCUT2D eigenvalue weighted by atomic mass is 9.98. The molecule has 4 aromatic rings. The molecular weight excluding hydrogens is 324 g/mol. The first-order chi connectivity index (χ1) is 10.3. The minimum absolute atomic E-state index is 0.946. The molecule has 0 aliphatic heterocycles. The quantitative estimate of drug-likeness (QED) is 0.446. The van der Waals surface area contributed by atoms with Gasteiger partial charge in [-0.05, 0) is 35.4 Å². The Kier molecular flexibility index (Phi) is 2.93. The van der Waals surface area contributed by atoms with Crippen LogP contribution in [0.1, 0.15) is 0 Å². The van der Waals surface area contributed by atoms with Crippen LogP contribution in [0.4, 0.5) is 0 Å². The van der Waals surface area contributed by atoms with Crippen LogP contribution in [0, 0.1) is 0 Å². The first kappa shape index (κ1) is 12.5. The van der Waals surface area contributed by atoms with E-state index in [0.717, 1.165) is 26.3 Å². The number of hydrogen-bond acceptors (Lipinski definition) is 2. The maximum Gasteiger partial charge on any atom is 0.0970 e. The van der Waals surface area contributed by atoms with E-state index >= 15 is 0 Å². The molecule has 0 radical (unpaired) electrons. The van der Waals surface area contributed by atoms with Gasteiger partial charge in [0.25, 0.3) is 0 Å². The first-order valence-corrected chi connectivity index (χ1v) is 7.51. The lowest BCUT2D eigenvalue weighted by molar-refractivity contribution is 1.37. The summed E-state index contributed by atoms with van der Waals surface area (Å²) in [6, 6.07) is 18.6. The van der Waals surface area contributed by atoms with Gasteiger partial charge in [-0.2, -0.15) is 0 Å². The van der Waals surface area contributed by atoms with Crippen LogP contribution in [-0.2, 0) is 0 Å². The van der Waals surface area contributed by atoms with Gasteiger partial charge in [-0.25, -0.2) is 0 Å². The standard InChI is InChI=1S/C18H11BrN2/c19-16-8-2-1-6-13(16)15-11-12-5-3-9-20-17(12)18-14(15)7-4-10-21-18/h1-11H. The molecule has 0 fully saturated rings. The molecule has 0 atom stereocenters. The Morgan fingerprint density at radius 2 is 1.48 bits per heavy atom. The Balaban J connectivity index is 2.20. The van der Waals surface area contributed by atoms with Gasteiger partial charge in [0.15, 0.2) is 0 Å². The Morgan fingerprint density at radius 1 is 0.714 bits per heavy atom. The molecule has 4 rings (SSSR count). The molecule has 100 valence electrons. The van der Waals surface area contributed by atoms with Crippen LogP contribution in [0.5, 0.6) is 0 Å². The van der Waals surface area contributed by atoms with Crippen molar-refractivity contribution >= 4 is 37.7 Å². The smallest absolute Gasteiger partial charge is 0.0970 e. The lowest BCUT2D eigenvalue weighted by Gasteiger charge is -2.10. The number of benzene rings is 2. The van der Waals surface area contributed by atoms with E-state index in [1.165, 1.54) is 11.1 Å². The molecule has 0 N–H and O–H groups in total. The van der Waals surface area contributed by atoms with Gasteiger partial charge in [0, 0.05) is 27.6 Å². The number of aromatic nitrogens is 2. The molecule has 2 heterocycles. The van der Waals surface area contributed by atoms with Crippen molar-refractivity contribution in [3.8, 4) is 11.1 Å².